The molecule has 7 rings (SSSR count). The summed E-state index contributed by atoms with van der Waals surface area (Å²) in [4.78, 5) is 13.1. The van der Waals surface area contributed by atoms with Crippen molar-refractivity contribution in [3.05, 3.63) is 11.6 Å². The molecule has 6 fully saturated rings. The van der Waals surface area contributed by atoms with Crippen LogP contribution in [-0.2, 0) is 23.7 Å². The molecule has 296 valence electrons. The van der Waals surface area contributed by atoms with Crippen molar-refractivity contribution in [3.63, 3.8) is 0 Å². The largest absolute Gasteiger partial charge is 0.481 e. The molecule has 2 saturated heterocycles. The number of carboxylic acids is 1. The average Bonchev–Trinajstić information content (AvgIpc) is 3.08. The quantitative estimate of drug-likeness (QED) is 0.161. The van der Waals surface area contributed by atoms with Crippen molar-refractivity contribution in [2.75, 3.05) is 13.2 Å². The number of hydrogen-bond acceptors (Lipinski definition) is 11. The van der Waals surface area contributed by atoms with E-state index in [0.717, 1.165) is 38.5 Å². The molecule has 0 bridgehead atoms. The first kappa shape index (κ1) is 39.1. The summed E-state index contributed by atoms with van der Waals surface area (Å²) < 4.78 is 24.7. The van der Waals surface area contributed by atoms with Crippen LogP contribution in [0.15, 0.2) is 11.6 Å². The van der Waals surface area contributed by atoms with Crippen molar-refractivity contribution in [3.8, 4) is 0 Å². The third kappa shape index (κ3) is 5.47. The molecule has 7 N–H and O–H groups in total. The molecule has 7 aliphatic rings. The first-order valence-corrected chi connectivity index (χ1v) is 19.8. The van der Waals surface area contributed by atoms with E-state index >= 15 is 0 Å². The monoisotopic (exact) mass is 736 g/mol. The van der Waals surface area contributed by atoms with E-state index in [-0.39, 0.29) is 53.1 Å². The zero-order valence-corrected chi connectivity index (χ0v) is 32.0. The van der Waals surface area contributed by atoms with Crippen molar-refractivity contribution in [1.82, 2.24) is 0 Å². The number of rotatable bonds is 5. The van der Waals surface area contributed by atoms with Crippen LogP contribution in [0.25, 0.3) is 0 Å². The number of aliphatic hydroxyl groups excluding tert-OH is 6. The van der Waals surface area contributed by atoms with Crippen LogP contribution in [0, 0.1) is 56.7 Å². The van der Waals surface area contributed by atoms with Gasteiger partial charge in [0.05, 0.1) is 30.8 Å². The molecule has 2 heterocycles. The summed E-state index contributed by atoms with van der Waals surface area (Å²) in [6.07, 6.45) is -3.69. The van der Waals surface area contributed by atoms with E-state index in [2.05, 4.69) is 54.5 Å². The van der Waals surface area contributed by atoms with Gasteiger partial charge in [-0.3, -0.25) is 4.79 Å². The Morgan fingerprint density at radius 2 is 1.37 bits per heavy atom. The molecular formula is C40H64O12. The fourth-order valence-corrected chi connectivity index (χ4v) is 13.4. The highest BCUT2D eigenvalue weighted by molar-refractivity contribution is 5.76. The van der Waals surface area contributed by atoms with E-state index in [4.69, 9.17) is 18.9 Å². The molecular weight excluding hydrogens is 672 g/mol. The summed E-state index contributed by atoms with van der Waals surface area (Å²) in [5.74, 6) is 0.376. The van der Waals surface area contributed by atoms with Gasteiger partial charge in [-0.2, -0.15) is 0 Å². The molecule has 2 aliphatic heterocycles. The van der Waals surface area contributed by atoms with Gasteiger partial charge in [-0.1, -0.05) is 60.1 Å². The minimum absolute atomic E-state index is 0.00466. The molecule has 0 radical (unpaired) electrons. The van der Waals surface area contributed by atoms with Gasteiger partial charge in [-0.25, -0.2) is 0 Å². The van der Waals surface area contributed by atoms with Crippen LogP contribution in [0.5, 0.6) is 0 Å². The Labute approximate surface area is 307 Å². The molecule has 0 aromatic rings. The van der Waals surface area contributed by atoms with Crippen LogP contribution in [0.3, 0.4) is 0 Å². The maximum Gasteiger partial charge on any atom is 0.310 e. The van der Waals surface area contributed by atoms with Gasteiger partial charge >= 0.3 is 5.97 Å². The lowest BCUT2D eigenvalue weighted by atomic mass is 9.33. The standard InChI is InChI=1S/C40H64O12/c1-19-10-13-40(35(47)48)15-14-38(6)21(27(40)20(19)2)8-9-26-37(5)16-24(51-33-30(45)28(43)22(41)17-49-33)32(36(3,4)25(37)11-12-39(26,38)7)52-34-31(46)29(44)23(42)18-50-34/h8,19-20,22-34,41-46H,9-18H2,1-7H3,(H,47,48)/t19-,20+,22+,23+,24-,25+,26-,27+,28+,29+,30-,31-,32+,33+,34+,37+,38-,39-,40+/m1/s1. The van der Waals surface area contributed by atoms with E-state index < -0.39 is 78.2 Å². The normalized spacial score (nSPS) is 55.9. The predicted molar refractivity (Wildman–Crippen MR) is 187 cm³/mol. The van der Waals surface area contributed by atoms with Gasteiger partial charge in [0.2, 0.25) is 0 Å². The number of fused-ring (bicyclic) bond motifs is 7. The minimum atomic E-state index is -1.51. The number of allylic oxidation sites excluding steroid dienone is 2. The maximum atomic E-state index is 13.1. The second kappa shape index (κ2) is 13.2. The van der Waals surface area contributed by atoms with Gasteiger partial charge in [-0.15, -0.1) is 0 Å². The van der Waals surface area contributed by atoms with Gasteiger partial charge in [0.15, 0.2) is 12.6 Å². The molecule has 4 saturated carbocycles. The van der Waals surface area contributed by atoms with Crippen molar-refractivity contribution in [2.45, 2.75) is 161 Å². The lowest BCUT2D eigenvalue weighted by molar-refractivity contribution is -0.351. The van der Waals surface area contributed by atoms with Gasteiger partial charge in [0, 0.05) is 0 Å². The second-order valence-corrected chi connectivity index (χ2v) is 19.4. The number of ether oxygens (including phenoxy) is 4. The van der Waals surface area contributed by atoms with Crippen molar-refractivity contribution in [2.24, 2.45) is 56.7 Å². The summed E-state index contributed by atoms with van der Waals surface area (Å²) in [6, 6.07) is 0. The summed E-state index contributed by atoms with van der Waals surface area (Å²) in [6.45, 7) is 15.6. The highest BCUT2D eigenvalue weighted by Gasteiger charge is 2.71. The summed E-state index contributed by atoms with van der Waals surface area (Å²) in [5, 5.41) is 74.1. The molecule has 52 heavy (non-hydrogen) atoms. The SMILES string of the molecule is C[C@H]1[C@H](C)CC[C@]2(C(=O)O)CC[C@]3(C)C(=CC[C@@H]4[C@@]5(C)C[C@@H](O[C@@H]6OC[C@H](O)[C@H](O)[C@H]6O)[C@H](O[C@@H]6OC[C@H](O)[C@H](O)[C@H]6O)C(C)(C)[C@@H]5CC[C@]43C)[C@H]12. The molecule has 12 heteroatoms. The third-order valence-electron chi connectivity index (χ3n) is 16.8. The van der Waals surface area contributed by atoms with Gasteiger partial charge < -0.3 is 54.7 Å². The van der Waals surface area contributed by atoms with Crippen LogP contribution in [-0.4, -0.2) is 116 Å². The van der Waals surface area contributed by atoms with Crippen molar-refractivity contribution >= 4 is 5.97 Å². The highest BCUT2D eigenvalue weighted by atomic mass is 16.7. The van der Waals surface area contributed by atoms with E-state index in [0.29, 0.717) is 18.8 Å². The third-order valence-corrected chi connectivity index (χ3v) is 16.8. The van der Waals surface area contributed by atoms with E-state index in [1.54, 1.807) is 0 Å². The Morgan fingerprint density at radius 1 is 0.769 bits per heavy atom. The Hall–Kier alpha value is -1.19. The van der Waals surface area contributed by atoms with Gasteiger partial charge in [0.1, 0.15) is 36.6 Å². The van der Waals surface area contributed by atoms with Crippen molar-refractivity contribution < 1.29 is 59.5 Å². The maximum absolute atomic E-state index is 13.1. The topological polar surface area (TPSA) is 196 Å². The molecule has 19 atom stereocenters. The minimum Gasteiger partial charge on any atom is -0.481 e. The smallest absolute Gasteiger partial charge is 0.310 e. The molecule has 12 nitrogen and oxygen atoms in total. The Bertz CT molecular complexity index is 1400. The van der Waals surface area contributed by atoms with Gasteiger partial charge in [0.25, 0.3) is 0 Å². The molecule has 0 aromatic carbocycles. The second-order valence-electron chi connectivity index (χ2n) is 19.4. The van der Waals surface area contributed by atoms with Crippen molar-refractivity contribution in [1.29, 1.82) is 0 Å². The first-order valence-electron chi connectivity index (χ1n) is 19.8. The predicted octanol–water partition coefficient (Wildman–Crippen LogP) is 2.99. The number of aliphatic carboxylic acids is 1. The Morgan fingerprint density at radius 3 is 1.96 bits per heavy atom. The molecule has 5 aliphatic carbocycles. The van der Waals surface area contributed by atoms with Crippen LogP contribution in [0.1, 0.15) is 99.8 Å². The number of carbonyl (C=O) groups is 1. The van der Waals surface area contributed by atoms with Gasteiger partial charge in [-0.05, 0) is 103 Å². The van der Waals surface area contributed by atoms with E-state index in [1.165, 1.54) is 5.57 Å². The number of carboxylic acid groups (broad SMARTS) is 1. The Balaban J connectivity index is 1.27. The zero-order chi connectivity index (χ0) is 37.9. The fraction of sp³-hybridized carbons (Fsp3) is 0.925. The summed E-state index contributed by atoms with van der Waals surface area (Å²) in [7, 11) is 0. The number of hydrogen-bond donors (Lipinski definition) is 7. The van der Waals surface area contributed by atoms with Crippen LogP contribution in [0.4, 0.5) is 0 Å². The van der Waals surface area contributed by atoms with E-state index in [1.807, 2.05) is 0 Å². The number of aliphatic hydroxyl groups is 6. The lowest BCUT2D eigenvalue weighted by Gasteiger charge is -2.72. The molecule has 0 spiro atoms. The lowest BCUT2D eigenvalue weighted by Crippen LogP contribution is -2.69. The summed E-state index contributed by atoms with van der Waals surface area (Å²) >= 11 is 0. The molecule has 0 unspecified atom stereocenters. The van der Waals surface area contributed by atoms with Crippen LogP contribution >= 0.6 is 0 Å². The average molecular weight is 737 g/mol. The Kier molecular flexibility index (Phi) is 9.92. The molecule has 0 amide bonds. The van der Waals surface area contributed by atoms with E-state index in [9.17, 15) is 40.5 Å². The van der Waals surface area contributed by atoms with Crippen LogP contribution < -0.4 is 0 Å². The van der Waals surface area contributed by atoms with Crippen LogP contribution in [0.2, 0.25) is 0 Å². The summed E-state index contributed by atoms with van der Waals surface area (Å²) in [5.41, 5.74) is -0.645. The zero-order valence-electron chi connectivity index (χ0n) is 32.0. The fourth-order valence-electron chi connectivity index (χ4n) is 13.4. The molecule has 0 aromatic heterocycles. The highest BCUT2D eigenvalue weighted by Crippen LogP contribution is 2.76. The first-order chi connectivity index (χ1) is 24.2.